The number of amides is 2. The van der Waals surface area contributed by atoms with Crippen LogP contribution < -0.4 is 15.4 Å². The summed E-state index contributed by atoms with van der Waals surface area (Å²) in [5.41, 5.74) is 1.07. The summed E-state index contributed by atoms with van der Waals surface area (Å²) in [6.07, 6.45) is 1.76. The summed E-state index contributed by atoms with van der Waals surface area (Å²) in [6, 6.07) is 9.27. The molecule has 0 aliphatic heterocycles. The van der Waals surface area contributed by atoms with Crippen molar-refractivity contribution in [1.29, 1.82) is 0 Å². The number of ether oxygens (including phenoxy) is 2. The molecule has 1 aliphatic rings. The Labute approximate surface area is 173 Å². The SMILES string of the molecule is Cc1sc(NC(=O)C2CC2)c(C(=O)OCC(=O)NCCOc2ccccc2)c1C. The van der Waals surface area contributed by atoms with Crippen LogP contribution in [0, 0.1) is 19.8 Å². The molecule has 1 aromatic heterocycles. The number of para-hydroxylation sites is 1. The fourth-order valence-electron chi connectivity index (χ4n) is 2.65. The molecule has 2 N–H and O–H groups in total. The lowest BCUT2D eigenvalue weighted by Crippen LogP contribution is -2.32. The zero-order valence-electron chi connectivity index (χ0n) is 16.4. The zero-order valence-corrected chi connectivity index (χ0v) is 17.3. The predicted octanol–water partition coefficient (Wildman–Crippen LogP) is 3.07. The number of benzene rings is 1. The Balaban J connectivity index is 1.46. The summed E-state index contributed by atoms with van der Waals surface area (Å²) in [7, 11) is 0. The minimum atomic E-state index is -0.617. The summed E-state index contributed by atoms with van der Waals surface area (Å²) in [6.45, 7) is 3.89. The zero-order chi connectivity index (χ0) is 20.8. The van der Waals surface area contributed by atoms with Gasteiger partial charge in [-0.25, -0.2) is 4.79 Å². The van der Waals surface area contributed by atoms with Gasteiger partial charge in [0.2, 0.25) is 5.91 Å². The molecule has 7 nitrogen and oxygen atoms in total. The van der Waals surface area contributed by atoms with Crippen molar-refractivity contribution in [3.05, 3.63) is 46.3 Å². The van der Waals surface area contributed by atoms with Crippen LogP contribution in [0.1, 0.15) is 33.6 Å². The summed E-state index contributed by atoms with van der Waals surface area (Å²) < 4.78 is 10.6. The Morgan fingerprint density at radius 2 is 1.86 bits per heavy atom. The van der Waals surface area contributed by atoms with Gasteiger partial charge in [0.25, 0.3) is 5.91 Å². The van der Waals surface area contributed by atoms with Gasteiger partial charge < -0.3 is 20.1 Å². The van der Waals surface area contributed by atoms with Gasteiger partial charge in [-0.2, -0.15) is 0 Å². The first-order valence-electron chi connectivity index (χ1n) is 9.48. The van der Waals surface area contributed by atoms with Crippen molar-refractivity contribution < 1.29 is 23.9 Å². The Morgan fingerprint density at radius 3 is 2.55 bits per heavy atom. The van der Waals surface area contributed by atoms with E-state index in [0.717, 1.165) is 29.0 Å². The molecule has 0 radical (unpaired) electrons. The van der Waals surface area contributed by atoms with Gasteiger partial charge in [0.15, 0.2) is 6.61 Å². The third kappa shape index (κ3) is 5.80. The number of hydrogen-bond acceptors (Lipinski definition) is 6. The van der Waals surface area contributed by atoms with Crippen LogP contribution >= 0.6 is 11.3 Å². The molecule has 0 saturated heterocycles. The molecule has 1 saturated carbocycles. The smallest absolute Gasteiger partial charge is 0.341 e. The number of nitrogens with one attached hydrogen (secondary N) is 2. The number of carbonyl (C=O) groups is 3. The van der Waals surface area contributed by atoms with E-state index in [1.807, 2.05) is 37.3 Å². The van der Waals surface area contributed by atoms with Crippen molar-refractivity contribution in [3.8, 4) is 5.75 Å². The van der Waals surface area contributed by atoms with Crippen molar-refractivity contribution in [2.75, 3.05) is 25.1 Å². The summed E-state index contributed by atoms with van der Waals surface area (Å²) in [5, 5.41) is 5.95. The summed E-state index contributed by atoms with van der Waals surface area (Å²) in [4.78, 5) is 37.4. The lowest BCUT2D eigenvalue weighted by atomic mass is 10.1. The molecule has 29 heavy (non-hydrogen) atoms. The van der Waals surface area contributed by atoms with Gasteiger partial charge in [-0.15, -0.1) is 11.3 Å². The van der Waals surface area contributed by atoms with E-state index in [-0.39, 0.29) is 11.8 Å². The van der Waals surface area contributed by atoms with Crippen LogP contribution in [0.15, 0.2) is 30.3 Å². The van der Waals surface area contributed by atoms with Gasteiger partial charge >= 0.3 is 5.97 Å². The van der Waals surface area contributed by atoms with Gasteiger partial charge in [-0.1, -0.05) is 18.2 Å². The molecular formula is C21H24N2O5S. The van der Waals surface area contributed by atoms with Crippen molar-refractivity contribution in [3.63, 3.8) is 0 Å². The highest BCUT2D eigenvalue weighted by Crippen LogP contribution is 2.36. The second-order valence-electron chi connectivity index (χ2n) is 6.84. The first-order chi connectivity index (χ1) is 14.0. The van der Waals surface area contributed by atoms with E-state index >= 15 is 0 Å². The monoisotopic (exact) mass is 416 g/mol. The lowest BCUT2D eigenvalue weighted by Gasteiger charge is -2.09. The number of carbonyl (C=O) groups excluding carboxylic acids is 3. The van der Waals surface area contributed by atoms with Crippen LogP contribution in [0.3, 0.4) is 0 Å². The lowest BCUT2D eigenvalue weighted by molar-refractivity contribution is -0.124. The Bertz CT molecular complexity index is 890. The van der Waals surface area contributed by atoms with Crippen LogP contribution in [0.2, 0.25) is 0 Å². The van der Waals surface area contributed by atoms with Gasteiger partial charge in [-0.05, 0) is 44.4 Å². The molecule has 8 heteroatoms. The standard InChI is InChI=1S/C21H24N2O5S/c1-13-14(2)29-20(23-19(25)15-8-9-15)18(13)21(26)28-12-17(24)22-10-11-27-16-6-4-3-5-7-16/h3-7,15H,8-12H2,1-2H3,(H,22,24)(H,23,25). The molecule has 3 rings (SSSR count). The van der Waals surface area contributed by atoms with E-state index in [4.69, 9.17) is 9.47 Å². The maximum absolute atomic E-state index is 12.5. The molecule has 154 valence electrons. The van der Waals surface area contributed by atoms with E-state index in [0.29, 0.717) is 23.7 Å². The topological polar surface area (TPSA) is 93.7 Å². The molecular weight excluding hydrogens is 392 g/mol. The molecule has 1 heterocycles. The van der Waals surface area contributed by atoms with Crippen LogP contribution in [-0.2, 0) is 14.3 Å². The van der Waals surface area contributed by atoms with Gasteiger partial charge in [0.05, 0.1) is 12.1 Å². The molecule has 0 unspecified atom stereocenters. The first-order valence-corrected chi connectivity index (χ1v) is 10.3. The molecule has 1 aromatic carbocycles. The van der Waals surface area contributed by atoms with Crippen LogP contribution in [0.5, 0.6) is 5.75 Å². The predicted molar refractivity (Wildman–Crippen MR) is 110 cm³/mol. The second-order valence-corrected chi connectivity index (χ2v) is 8.06. The number of aryl methyl sites for hydroxylation is 1. The Morgan fingerprint density at radius 1 is 1.14 bits per heavy atom. The highest BCUT2D eigenvalue weighted by atomic mass is 32.1. The van der Waals surface area contributed by atoms with Crippen LogP contribution in [0.4, 0.5) is 5.00 Å². The van der Waals surface area contributed by atoms with Crippen LogP contribution in [0.25, 0.3) is 0 Å². The molecule has 0 spiro atoms. The molecule has 2 amide bonds. The largest absolute Gasteiger partial charge is 0.492 e. The molecule has 0 bridgehead atoms. The highest BCUT2D eigenvalue weighted by Gasteiger charge is 2.31. The van der Waals surface area contributed by atoms with Gasteiger partial charge in [0, 0.05) is 10.8 Å². The maximum atomic E-state index is 12.5. The average Bonchev–Trinajstić information content (AvgIpc) is 3.52. The summed E-state index contributed by atoms with van der Waals surface area (Å²) in [5.74, 6) is -0.351. The minimum Gasteiger partial charge on any atom is -0.492 e. The van der Waals surface area contributed by atoms with Crippen molar-refractivity contribution in [2.45, 2.75) is 26.7 Å². The van der Waals surface area contributed by atoms with Gasteiger partial charge in [-0.3, -0.25) is 9.59 Å². The molecule has 1 aliphatic carbocycles. The quantitative estimate of drug-likeness (QED) is 0.484. The van der Waals surface area contributed by atoms with E-state index < -0.39 is 18.5 Å². The number of anilines is 1. The van der Waals surface area contributed by atoms with Crippen LogP contribution in [-0.4, -0.2) is 37.5 Å². The third-order valence-corrected chi connectivity index (χ3v) is 5.67. The molecule has 0 atom stereocenters. The Hall–Kier alpha value is -2.87. The maximum Gasteiger partial charge on any atom is 0.341 e. The summed E-state index contributed by atoms with van der Waals surface area (Å²) >= 11 is 1.34. The number of rotatable bonds is 9. The third-order valence-electron chi connectivity index (χ3n) is 4.54. The number of hydrogen-bond donors (Lipinski definition) is 2. The Kier molecular flexibility index (Phi) is 6.87. The first kappa shape index (κ1) is 20.9. The van der Waals surface area contributed by atoms with E-state index in [9.17, 15) is 14.4 Å². The fraction of sp³-hybridized carbons (Fsp3) is 0.381. The fourth-order valence-corrected chi connectivity index (χ4v) is 3.70. The normalized spacial score (nSPS) is 12.9. The average molecular weight is 416 g/mol. The van der Waals surface area contributed by atoms with Crippen molar-refractivity contribution in [1.82, 2.24) is 5.32 Å². The van der Waals surface area contributed by atoms with Gasteiger partial charge in [0.1, 0.15) is 17.4 Å². The minimum absolute atomic E-state index is 0.0328. The molecule has 2 aromatic rings. The van der Waals surface area contributed by atoms with E-state index in [1.165, 1.54) is 11.3 Å². The number of thiophene rings is 1. The van der Waals surface area contributed by atoms with E-state index in [1.54, 1.807) is 6.92 Å². The van der Waals surface area contributed by atoms with Crippen molar-refractivity contribution in [2.24, 2.45) is 5.92 Å². The van der Waals surface area contributed by atoms with Crippen molar-refractivity contribution >= 4 is 34.1 Å². The number of esters is 1. The second kappa shape index (κ2) is 9.56. The van der Waals surface area contributed by atoms with E-state index in [2.05, 4.69) is 10.6 Å². The highest BCUT2D eigenvalue weighted by molar-refractivity contribution is 7.16. The molecule has 1 fully saturated rings.